The molecule has 16 heavy (non-hydrogen) atoms. The first-order valence-corrected chi connectivity index (χ1v) is 6.59. The number of hydrogen-bond acceptors (Lipinski definition) is 4. The minimum Gasteiger partial charge on any atom is -0.390 e. The third-order valence-corrected chi connectivity index (χ3v) is 3.77. The maximum Gasteiger partial charge on any atom is 0.145 e. The molecule has 0 saturated carbocycles. The van der Waals surface area contributed by atoms with E-state index in [2.05, 4.69) is 37.5 Å². The molecule has 5 heteroatoms. The first kappa shape index (κ1) is 12.0. The molecule has 1 aliphatic heterocycles. The van der Waals surface area contributed by atoms with Gasteiger partial charge in [-0.15, -0.1) is 0 Å². The van der Waals surface area contributed by atoms with Gasteiger partial charge in [0.2, 0.25) is 0 Å². The summed E-state index contributed by atoms with van der Waals surface area (Å²) in [6.45, 7) is 3.74. The molecule has 1 unspecified atom stereocenters. The van der Waals surface area contributed by atoms with Crippen LogP contribution in [0.15, 0.2) is 12.5 Å². The molecule has 1 aliphatic rings. The lowest BCUT2D eigenvalue weighted by Gasteiger charge is -2.23. The Bertz CT molecular complexity index is 370. The predicted octanol–water partition coefficient (Wildman–Crippen LogP) is 1.82. The molecule has 0 aliphatic carbocycles. The van der Waals surface area contributed by atoms with Crippen LogP contribution in [0.4, 0.5) is 5.82 Å². The second kappa shape index (κ2) is 4.83. The average molecular weight is 333 g/mol. The molecule has 1 aromatic heterocycles. The van der Waals surface area contributed by atoms with Crippen molar-refractivity contribution in [1.29, 1.82) is 0 Å². The summed E-state index contributed by atoms with van der Waals surface area (Å²) in [5, 5.41) is 10.0. The molecule has 1 atom stereocenters. The van der Waals surface area contributed by atoms with E-state index >= 15 is 0 Å². The Morgan fingerprint density at radius 1 is 1.44 bits per heavy atom. The van der Waals surface area contributed by atoms with Crippen LogP contribution < -0.4 is 4.90 Å². The van der Waals surface area contributed by atoms with Gasteiger partial charge in [-0.2, -0.15) is 0 Å². The average Bonchev–Trinajstić information content (AvgIpc) is 2.40. The van der Waals surface area contributed by atoms with Gasteiger partial charge in [-0.05, 0) is 48.8 Å². The summed E-state index contributed by atoms with van der Waals surface area (Å²) >= 11 is 2.26. The molecule has 2 heterocycles. The van der Waals surface area contributed by atoms with E-state index in [4.69, 9.17) is 0 Å². The third-order valence-electron chi connectivity index (χ3n) is 3.01. The molecule has 1 saturated heterocycles. The van der Waals surface area contributed by atoms with Gasteiger partial charge in [-0.3, -0.25) is 0 Å². The standard InChI is InChI=1S/C11H16IN3O/c1-11(16)3-2-5-15(6-4-11)10-9(12)7-13-8-14-10/h7-8,16H,2-6H2,1H3. The lowest BCUT2D eigenvalue weighted by molar-refractivity contribution is 0.0481. The van der Waals surface area contributed by atoms with Crippen LogP contribution >= 0.6 is 22.6 Å². The van der Waals surface area contributed by atoms with Crippen molar-refractivity contribution in [1.82, 2.24) is 9.97 Å². The molecule has 88 valence electrons. The van der Waals surface area contributed by atoms with Crippen LogP contribution in [-0.2, 0) is 0 Å². The summed E-state index contributed by atoms with van der Waals surface area (Å²) < 4.78 is 1.07. The molecule has 0 amide bonds. The van der Waals surface area contributed by atoms with Gasteiger partial charge < -0.3 is 10.0 Å². The fraction of sp³-hybridized carbons (Fsp3) is 0.636. The lowest BCUT2D eigenvalue weighted by Crippen LogP contribution is -2.29. The van der Waals surface area contributed by atoms with Crippen molar-refractivity contribution >= 4 is 28.4 Å². The Morgan fingerprint density at radius 3 is 3.00 bits per heavy atom. The SMILES string of the molecule is CC1(O)CCCN(c2ncncc2I)CC1. The Balaban J connectivity index is 2.14. The summed E-state index contributed by atoms with van der Waals surface area (Å²) in [5.41, 5.74) is -0.521. The Kier molecular flexibility index (Phi) is 3.63. The number of rotatable bonds is 1. The first-order valence-electron chi connectivity index (χ1n) is 5.51. The van der Waals surface area contributed by atoms with Gasteiger partial charge in [0.15, 0.2) is 0 Å². The van der Waals surface area contributed by atoms with Crippen LogP contribution in [0.3, 0.4) is 0 Å². The Labute approximate surface area is 109 Å². The quantitative estimate of drug-likeness (QED) is 0.797. The summed E-state index contributed by atoms with van der Waals surface area (Å²) in [7, 11) is 0. The fourth-order valence-electron chi connectivity index (χ4n) is 2.01. The molecule has 4 nitrogen and oxygen atoms in total. The van der Waals surface area contributed by atoms with Crippen molar-refractivity contribution in [2.24, 2.45) is 0 Å². The van der Waals surface area contributed by atoms with Gasteiger partial charge in [-0.25, -0.2) is 9.97 Å². The van der Waals surface area contributed by atoms with Crippen LogP contribution in [-0.4, -0.2) is 33.8 Å². The van der Waals surface area contributed by atoms with Crippen molar-refractivity contribution in [3.8, 4) is 0 Å². The highest BCUT2D eigenvalue weighted by atomic mass is 127. The minimum atomic E-state index is -0.521. The molecule has 0 radical (unpaired) electrons. The molecule has 0 bridgehead atoms. The number of aliphatic hydroxyl groups is 1. The van der Waals surface area contributed by atoms with E-state index < -0.39 is 5.60 Å². The summed E-state index contributed by atoms with van der Waals surface area (Å²) in [5.74, 6) is 0.994. The van der Waals surface area contributed by atoms with Crippen LogP contribution in [0.2, 0.25) is 0 Å². The van der Waals surface area contributed by atoms with Crippen molar-refractivity contribution < 1.29 is 5.11 Å². The van der Waals surface area contributed by atoms with Gasteiger partial charge >= 0.3 is 0 Å². The molecule has 1 aromatic rings. The number of anilines is 1. The second-order valence-corrected chi connectivity index (χ2v) is 5.69. The molecule has 1 fully saturated rings. The van der Waals surface area contributed by atoms with E-state index in [1.165, 1.54) is 0 Å². The molecule has 0 aromatic carbocycles. The molecule has 2 rings (SSSR count). The van der Waals surface area contributed by atoms with Gasteiger partial charge in [0.1, 0.15) is 12.1 Å². The van der Waals surface area contributed by atoms with Crippen molar-refractivity contribution in [3.63, 3.8) is 0 Å². The normalized spacial score (nSPS) is 26.6. The number of hydrogen-bond donors (Lipinski definition) is 1. The van der Waals surface area contributed by atoms with Crippen molar-refractivity contribution in [2.45, 2.75) is 31.8 Å². The monoisotopic (exact) mass is 333 g/mol. The maximum absolute atomic E-state index is 10.0. The Morgan fingerprint density at radius 2 is 2.25 bits per heavy atom. The fourth-order valence-corrected chi connectivity index (χ4v) is 2.66. The smallest absolute Gasteiger partial charge is 0.145 e. The van der Waals surface area contributed by atoms with Gasteiger partial charge in [0.05, 0.1) is 9.17 Å². The van der Waals surface area contributed by atoms with Crippen molar-refractivity contribution in [3.05, 3.63) is 16.1 Å². The molecule has 0 spiro atoms. The highest BCUT2D eigenvalue weighted by Crippen LogP contribution is 2.26. The highest BCUT2D eigenvalue weighted by Gasteiger charge is 2.26. The number of nitrogens with zero attached hydrogens (tertiary/aromatic N) is 3. The molecular formula is C11H16IN3O. The van der Waals surface area contributed by atoms with Crippen molar-refractivity contribution in [2.75, 3.05) is 18.0 Å². The van der Waals surface area contributed by atoms with E-state index in [0.717, 1.165) is 41.7 Å². The molecule has 1 N–H and O–H groups in total. The lowest BCUT2D eigenvalue weighted by atomic mass is 9.98. The van der Waals surface area contributed by atoms with E-state index in [0.29, 0.717) is 0 Å². The van der Waals surface area contributed by atoms with E-state index in [1.54, 1.807) is 6.33 Å². The largest absolute Gasteiger partial charge is 0.390 e. The Hall–Kier alpha value is -0.430. The van der Waals surface area contributed by atoms with Gasteiger partial charge in [0.25, 0.3) is 0 Å². The maximum atomic E-state index is 10.0. The van der Waals surface area contributed by atoms with Gasteiger partial charge in [0, 0.05) is 19.3 Å². The zero-order valence-electron chi connectivity index (χ0n) is 9.36. The summed E-state index contributed by atoms with van der Waals surface area (Å²) in [4.78, 5) is 10.6. The topological polar surface area (TPSA) is 49.2 Å². The van der Waals surface area contributed by atoms with Crippen LogP contribution in [0.25, 0.3) is 0 Å². The minimum absolute atomic E-state index is 0.521. The van der Waals surface area contributed by atoms with Crippen LogP contribution in [0, 0.1) is 3.57 Å². The summed E-state index contributed by atoms with van der Waals surface area (Å²) in [6, 6.07) is 0. The zero-order valence-corrected chi connectivity index (χ0v) is 11.5. The van der Waals surface area contributed by atoms with E-state index in [9.17, 15) is 5.11 Å². The summed E-state index contributed by atoms with van der Waals surface area (Å²) in [6.07, 6.45) is 6.08. The third kappa shape index (κ3) is 2.82. The van der Waals surface area contributed by atoms with Crippen LogP contribution in [0.1, 0.15) is 26.2 Å². The molecular weight excluding hydrogens is 317 g/mol. The van der Waals surface area contributed by atoms with E-state index in [-0.39, 0.29) is 0 Å². The predicted molar refractivity (Wildman–Crippen MR) is 71.4 cm³/mol. The zero-order chi connectivity index (χ0) is 11.6. The van der Waals surface area contributed by atoms with Gasteiger partial charge in [-0.1, -0.05) is 0 Å². The second-order valence-electron chi connectivity index (χ2n) is 4.53. The highest BCUT2D eigenvalue weighted by molar-refractivity contribution is 14.1. The van der Waals surface area contributed by atoms with Crippen LogP contribution in [0.5, 0.6) is 0 Å². The number of aromatic nitrogens is 2. The van der Waals surface area contributed by atoms with E-state index in [1.807, 2.05) is 13.1 Å². The number of halogens is 1. The first-order chi connectivity index (χ1) is 7.58.